The molecule has 6 rings (SSSR count). The number of urea groups is 1. The summed E-state index contributed by atoms with van der Waals surface area (Å²) in [5.74, 6) is 0.607. The number of hydrogen-bond donors (Lipinski definition) is 1. The molecule has 1 N–H and O–H groups in total. The van der Waals surface area contributed by atoms with Crippen molar-refractivity contribution in [3.63, 3.8) is 0 Å². The number of carbonyl (C=O) groups is 3. The normalized spacial score (nSPS) is 20.7. The first-order valence-electron chi connectivity index (χ1n) is 17.4. The number of nitrogens with one attached hydrogen (secondary N) is 1. The fourth-order valence-electron chi connectivity index (χ4n) is 8.29. The molecule has 0 bridgehead atoms. The van der Waals surface area contributed by atoms with Gasteiger partial charge in [-0.15, -0.1) is 0 Å². The van der Waals surface area contributed by atoms with Gasteiger partial charge >= 0.3 is 6.03 Å². The Morgan fingerprint density at radius 2 is 1.50 bits per heavy atom. The molecule has 0 spiro atoms. The number of benzene rings is 2. The van der Waals surface area contributed by atoms with Crippen molar-refractivity contribution in [2.75, 3.05) is 51.7 Å². The lowest BCUT2D eigenvalue weighted by molar-refractivity contribution is -0.143. The van der Waals surface area contributed by atoms with Crippen molar-refractivity contribution >= 4 is 23.5 Å². The van der Waals surface area contributed by atoms with Crippen LogP contribution in [0.15, 0.2) is 36.4 Å². The molecule has 0 unspecified atom stereocenters. The van der Waals surface area contributed by atoms with Crippen LogP contribution in [0.3, 0.4) is 0 Å². The average molecular weight is 630 g/mol. The zero-order valence-electron chi connectivity index (χ0n) is 27.9. The molecule has 4 aliphatic rings. The zero-order chi connectivity index (χ0) is 32.2. The molecule has 2 aromatic rings. The van der Waals surface area contributed by atoms with Crippen LogP contribution in [0.25, 0.3) is 0 Å². The number of rotatable bonds is 8. The highest BCUT2D eigenvalue weighted by molar-refractivity contribution is 5.92. The second-order valence-corrected chi connectivity index (χ2v) is 13.8. The number of ether oxygens (including phenoxy) is 1. The Labute approximate surface area is 274 Å². The number of fused-ring (bicyclic) bond motifs is 1. The molecule has 0 aliphatic carbocycles. The molecule has 4 heterocycles. The molecule has 0 aromatic heterocycles. The maximum Gasteiger partial charge on any atom is 0.322 e. The van der Waals surface area contributed by atoms with Gasteiger partial charge in [0, 0.05) is 56.9 Å². The lowest BCUT2D eigenvalue weighted by Crippen LogP contribution is -2.52. The third-order valence-electron chi connectivity index (χ3n) is 10.8. The molecule has 9 heteroatoms. The van der Waals surface area contributed by atoms with Crippen molar-refractivity contribution in [3.8, 4) is 5.75 Å². The fraction of sp³-hybridized carbons (Fsp3) is 0.595. The Bertz CT molecular complexity index is 1380. The quantitative estimate of drug-likeness (QED) is 0.424. The van der Waals surface area contributed by atoms with Crippen molar-refractivity contribution in [2.45, 2.75) is 90.3 Å². The number of likely N-dealkylation sites (tertiary alicyclic amines) is 3. The van der Waals surface area contributed by atoms with Crippen LogP contribution < -0.4 is 10.1 Å². The number of para-hydroxylation sites is 1. The van der Waals surface area contributed by atoms with Gasteiger partial charge in [-0.3, -0.25) is 9.59 Å². The Morgan fingerprint density at radius 1 is 0.870 bits per heavy atom. The molecule has 248 valence electrons. The van der Waals surface area contributed by atoms with Gasteiger partial charge in [-0.25, -0.2) is 4.79 Å². The standard InChI is InChI=1S/C37H51N5O4/c1-26-21-28(22-27(2)35(26)46-3)23-30(36(44)41-19-11-31(12-20-41)39-15-7-4-8-16-39)24-34(43)40-17-13-32(14-18-40)42-25-29-9-5-6-10-33(29)38-37(42)45/h5-6,9-10,21-22,30-32H,4,7-8,11-20,23-25H2,1-3H3,(H,38,45)/t30-/m1/s1. The van der Waals surface area contributed by atoms with E-state index in [0.29, 0.717) is 32.1 Å². The summed E-state index contributed by atoms with van der Waals surface area (Å²) in [6.07, 6.45) is 8.12. The summed E-state index contributed by atoms with van der Waals surface area (Å²) in [5.41, 5.74) is 5.16. The Balaban J connectivity index is 1.10. The number of piperidine rings is 3. The van der Waals surface area contributed by atoms with Crippen molar-refractivity contribution in [2.24, 2.45) is 5.92 Å². The summed E-state index contributed by atoms with van der Waals surface area (Å²) in [5, 5.41) is 3.02. The van der Waals surface area contributed by atoms with Crippen LogP contribution in [-0.4, -0.2) is 95.9 Å². The van der Waals surface area contributed by atoms with Gasteiger partial charge in [0.25, 0.3) is 0 Å². The van der Waals surface area contributed by atoms with Crippen molar-refractivity contribution in [3.05, 3.63) is 58.7 Å². The van der Waals surface area contributed by atoms with E-state index in [1.54, 1.807) is 7.11 Å². The van der Waals surface area contributed by atoms with Gasteiger partial charge in [0.05, 0.1) is 13.0 Å². The molecule has 0 radical (unpaired) electrons. The molecule has 2 aromatic carbocycles. The van der Waals surface area contributed by atoms with Gasteiger partial charge in [0.15, 0.2) is 0 Å². The Kier molecular flexibility index (Phi) is 10.2. The maximum absolute atomic E-state index is 14.2. The lowest BCUT2D eigenvalue weighted by Gasteiger charge is -2.41. The fourth-order valence-corrected chi connectivity index (χ4v) is 8.29. The summed E-state index contributed by atoms with van der Waals surface area (Å²) >= 11 is 0. The van der Waals surface area contributed by atoms with Crippen molar-refractivity contribution in [1.82, 2.24) is 19.6 Å². The number of hydrogen-bond acceptors (Lipinski definition) is 5. The van der Waals surface area contributed by atoms with Crippen LogP contribution in [0, 0.1) is 19.8 Å². The summed E-state index contributed by atoms with van der Waals surface area (Å²) in [6, 6.07) is 12.7. The third kappa shape index (κ3) is 7.19. The van der Waals surface area contributed by atoms with E-state index in [-0.39, 0.29) is 30.3 Å². The molecule has 3 fully saturated rings. The second-order valence-electron chi connectivity index (χ2n) is 13.8. The molecule has 3 saturated heterocycles. The van der Waals surface area contributed by atoms with E-state index in [1.807, 2.05) is 46.7 Å². The van der Waals surface area contributed by atoms with Gasteiger partial charge in [-0.2, -0.15) is 0 Å². The number of aryl methyl sites for hydroxylation is 2. The SMILES string of the molecule is COc1c(C)cc(C[C@H](CC(=O)N2CCC(N3Cc4ccccc4NC3=O)CC2)C(=O)N2CCC(N3CCCCC3)CC2)cc1C. The molecule has 4 amide bonds. The molecule has 1 atom stereocenters. The first kappa shape index (κ1) is 32.4. The van der Waals surface area contributed by atoms with E-state index in [1.165, 1.54) is 32.4 Å². The van der Waals surface area contributed by atoms with E-state index in [4.69, 9.17) is 4.74 Å². The number of amides is 4. The number of nitrogens with zero attached hydrogens (tertiary/aromatic N) is 4. The number of carbonyl (C=O) groups excluding carboxylic acids is 3. The molecule has 46 heavy (non-hydrogen) atoms. The Morgan fingerprint density at radius 3 is 2.17 bits per heavy atom. The number of methoxy groups -OCH3 is 1. The van der Waals surface area contributed by atoms with Gasteiger partial charge in [0.2, 0.25) is 11.8 Å². The summed E-state index contributed by atoms with van der Waals surface area (Å²) in [4.78, 5) is 49.4. The molecule has 9 nitrogen and oxygen atoms in total. The molecule has 0 saturated carbocycles. The van der Waals surface area contributed by atoms with Crippen LogP contribution >= 0.6 is 0 Å². The van der Waals surface area contributed by atoms with Gasteiger partial charge in [-0.05, 0) is 100 Å². The first-order chi connectivity index (χ1) is 22.3. The van der Waals surface area contributed by atoms with Crippen LogP contribution in [0.5, 0.6) is 5.75 Å². The van der Waals surface area contributed by atoms with Crippen LogP contribution in [0.4, 0.5) is 10.5 Å². The number of anilines is 1. The average Bonchev–Trinajstić information content (AvgIpc) is 3.08. The predicted octanol–water partition coefficient (Wildman–Crippen LogP) is 5.38. The van der Waals surface area contributed by atoms with E-state index >= 15 is 0 Å². The van der Waals surface area contributed by atoms with E-state index in [2.05, 4.69) is 28.4 Å². The lowest BCUT2D eigenvalue weighted by atomic mass is 9.90. The van der Waals surface area contributed by atoms with Crippen molar-refractivity contribution < 1.29 is 19.1 Å². The predicted molar refractivity (Wildman–Crippen MR) is 180 cm³/mol. The highest BCUT2D eigenvalue weighted by atomic mass is 16.5. The Hall–Kier alpha value is -3.59. The third-order valence-corrected chi connectivity index (χ3v) is 10.8. The minimum Gasteiger partial charge on any atom is -0.496 e. The second kappa shape index (κ2) is 14.4. The first-order valence-corrected chi connectivity index (χ1v) is 17.4. The minimum atomic E-state index is -0.409. The smallest absolute Gasteiger partial charge is 0.322 e. The molecular weight excluding hydrogens is 578 g/mol. The summed E-state index contributed by atoms with van der Waals surface area (Å²) < 4.78 is 5.59. The van der Waals surface area contributed by atoms with Crippen LogP contribution in [0.1, 0.15) is 73.6 Å². The maximum atomic E-state index is 14.2. The van der Waals surface area contributed by atoms with Gasteiger partial charge in [-0.1, -0.05) is 36.8 Å². The summed E-state index contributed by atoms with van der Waals surface area (Å²) in [6.45, 7) is 9.73. The van der Waals surface area contributed by atoms with Crippen LogP contribution in [-0.2, 0) is 22.6 Å². The van der Waals surface area contributed by atoms with E-state index in [9.17, 15) is 14.4 Å². The van der Waals surface area contributed by atoms with Gasteiger partial charge < -0.3 is 29.7 Å². The van der Waals surface area contributed by atoms with E-state index < -0.39 is 5.92 Å². The topological polar surface area (TPSA) is 85.4 Å². The molecular formula is C37H51N5O4. The highest BCUT2D eigenvalue weighted by Gasteiger charge is 2.36. The largest absolute Gasteiger partial charge is 0.496 e. The van der Waals surface area contributed by atoms with E-state index in [0.717, 1.165) is 72.5 Å². The monoisotopic (exact) mass is 629 g/mol. The van der Waals surface area contributed by atoms with Crippen LogP contribution in [0.2, 0.25) is 0 Å². The molecule has 4 aliphatic heterocycles. The van der Waals surface area contributed by atoms with Crippen molar-refractivity contribution in [1.29, 1.82) is 0 Å². The summed E-state index contributed by atoms with van der Waals surface area (Å²) in [7, 11) is 1.69. The minimum absolute atomic E-state index is 0.0374. The zero-order valence-corrected chi connectivity index (χ0v) is 27.9. The van der Waals surface area contributed by atoms with Gasteiger partial charge in [0.1, 0.15) is 5.75 Å². The highest BCUT2D eigenvalue weighted by Crippen LogP contribution is 2.30.